The molecule has 58 heavy (non-hydrogen) atoms. The Balaban J connectivity index is 0.00000476. The molecule has 0 fully saturated rings. The number of rotatable bonds is 8. The molecular formula is C53H41N4Pt-. The molecule has 0 unspecified atom stereocenters. The van der Waals surface area contributed by atoms with E-state index in [0.717, 1.165) is 66.6 Å². The zero-order chi connectivity index (χ0) is 41.0. The molecule has 0 amide bonds. The Bertz CT molecular complexity index is 3150. The minimum Gasteiger partial charge on any atom is -0.319 e. The van der Waals surface area contributed by atoms with Crippen LogP contribution in [0.25, 0.3) is 55.5 Å². The summed E-state index contributed by atoms with van der Waals surface area (Å²) in [6.07, 6.45) is 3.57. The zero-order valence-corrected chi connectivity index (χ0v) is 34.4. The number of nitrogens with zero attached hydrogens (tertiary/aromatic N) is 4. The second-order valence-electron chi connectivity index (χ2n) is 14.9. The van der Waals surface area contributed by atoms with Gasteiger partial charge in [-0.05, 0) is 69.5 Å². The molecule has 0 aliphatic heterocycles. The van der Waals surface area contributed by atoms with Crippen LogP contribution < -0.4 is 0 Å². The Morgan fingerprint density at radius 2 is 1.28 bits per heavy atom. The summed E-state index contributed by atoms with van der Waals surface area (Å²) in [7, 11) is 0. The van der Waals surface area contributed by atoms with E-state index in [9.17, 15) is 0 Å². The van der Waals surface area contributed by atoms with Gasteiger partial charge in [0, 0.05) is 67.1 Å². The van der Waals surface area contributed by atoms with Gasteiger partial charge < -0.3 is 4.57 Å². The summed E-state index contributed by atoms with van der Waals surface area (Å²) in [4.78, 5) is 5.03. The van der Waals surface area contributed by atoms with Gasteiger partial charge >= 0.3 is 0 Å². The van der Waals surface area contributed by atoms with Crippen LogP contribution in [0, 0.1) is 12.1 Å². The second kappa shape index (κ2) is 15.2. The molecule has 284 valence electrons. The van der Waals surface area contributed by atoms with Crippen LogP contribution in [0.2, 0.25) is 0 Å². The molecule has 0 saturated heterocycles. The summed E-state index contributed by atoms with van der Waals surface area (Å²) in [5.74, 6) is 1.17. The second-order valence-corrected chi connectivity index (χ2v) is 14.9. The van der Waals surface area contributed by atoms with Crippen molar-refractivity contribution in [3.63, 3.8) is 0 Å². The van der Waals surface area contributed by atoms with E-state index in [4.69, 9.17) is 9.10 Å². The first-order valence-electron chi connectivity index (χ1n) is 20.9. The maximum atomic E-state index is 8.34. The Labute approximate surface area is 358 Å². The number of pyridine rings is 1. The summed E-state index contributed by atoms with van der Waals surface area (Å²) in [5.41, 5.74) is 10.7. The van der Waals surface area contributed by atoms with E-state index in [2.05, 4.69) is 158 Å². The average Bonchev–Trinajstić information content (AvgIpc) is 3.85. The molecule has 3 aromatic heterocycles. The molecule has 5 heteroatoms. The van der Waals surface area contributed by atoms with Gasteiger partial charge in [-0.1, -0.05) is 129 Å². The van der Waals surface area contributed by atoms with Crippen molar-refractivity contribution in [2.24, 2.45) is 6.98 Å². The summed E-state index contributed by atoms with van der Waals surface area (Å²) in [6, 6.07) is 68.5. The van der Waals surface area contributed by atoms with Crippen molar-refractivity contribution in [2.45, 2.75) is 25.2 Å². The van der Waals surface area contributed by atoms with E-state index in [1.165, 1.54) is 15.7 Å². The first-order valence-corrected chi connectivity index (χ1v) is 19.4. The first kappa shape index (κ1) is 33.8. The zero-order valence-electron chi connectivity index (χ0n) is 35.1. The molecular weight excluding hydrogens is 888 g/mol. The predicted octanol–water partition coefficient (Wildman–Crippen LogP) is 12.5. The first-order chi connectivity index (χ1) is 29.2. The minimum atomic E-state index is -2.37. The molecule has 3 heterocycles. The molecule has 0 aliphatic rings. The Hall–Kier alpha value is -6.35. The molecule has 0 N–H and O–H groups in total. The predicted molar refractivity (Wildman–Crippen MR) is 234 cm³/mol. The maximum Gasteiger partial charge on any atom is 0.188 e. The Morgan fingerprint density at radius 3 is 2.02 bits per heavy atom. The van der Waals surface area contributed by atoms with Crippen LogP contribution in [0.15, 0.2) is 188 Å². The van der Waals surface area contributed by atoms with Crippen LogP contribution >= 0.6 is 0 Å². The topological polar surface area (TPSA) is 27.7 Å². The quantitative estimate of drug-likeness (QED) is 0.110. The number of fused-ring (bicyclic) bond motifs is 4. The number of hydrogen-bond acceptors (Lipinski definition) is 1. The van der Waals surface area contributed by atoms with Gasteiger partial charge in [0.2, 0.25) is 0 Å². The maximum absolute atomic E-state index is 8.34. The fourth-order valence-corrected chi connectivity index (χ4v) is 8.75. The van der Waals surface area contributed by atoms with Gasteiger partial charge in [0.1, 0.15) is 5.82 Å². The number of imidazole rings is 1. The van der Waals surface area contributed by atoms with Crippen LogP contribution in [-0.4, -0.2) is 18.7 Å². The van der Waals surface area contributed by atoms with Crippen molar-refractivity contribution >= 4 is 32.8 Å². The standard InChI is InChI=1S/C53H41N4.Pt/c1-37(2)44-23-10-11-24-45(44)38-31-32-54-52(33-38)57-48-26-13-12-25-46(48)47-30-29-42(35-51(47)57)53(39-17-6-4-7-18-39,40-19-8-5-9-20-40)41-21-16-22-43(34-41)56-36-55(3)49-27-14-15-28-50(49)56;/h4-33,36-37H,1-3H3;/q-1;/i3D3;. The average molecular weight is 932 g/mol. The smallest absolute Gasteiger partial charge is 0.188 e. The van der Waals surface area contributed by atoms with E-state index in [0.29, 0.717) is 11.4 Å². The molecule has 0 radical (unpaired) electrons. The summed E-state index contributed by atoms with van der Waals surface area (Å²) < 4.78 is 30.5. The third-order valence-corrected chi connectivity index (χ3v) is 11.3. The van der Waals surface area contributed by atoms with Crippen LogP contribution in [0.3, 0.4) is 0 Å². The van der Waals surface area contributed by atoms with Crippen LogP contribution in [0.4, 0.5) is 0 Å². The fraction of sp³-hybridized carbons (Fsp3) is 0.0943. The SMILES string of the molecule is [2H]C([2H])([2H])n1[cH+]n(-c2[c-]c(C(c3[c-]c4c(cc3)c3ccccc3n4-c3cc(-c4ccccc4C(C)C)ccn3)(c3ccccc3)c3ccccc3)ccc2)c2ccccc21.[Pt]. The molecule has 0 spiro atoms. The molecule has 0 saturated carbocycles. The van der Waals surface area contributed by atoms with E-state index >= 15 is 0 Å². The van der Waals surface area contributed by atoms with Crippen molar-refractivity contribution < 1.29 is 25.2 Å². The summed E-state index contributed by atoms with van der Waals surface area (Å²) in [5, 5.41) is 2.19. The summed E-state index contributed by atoms with van der Waals surface area (Å²) >= 11 is 0. The number of aryl methyl sites for hydroxylation is 1. The molecule has 0 bridgehead atoms. The molecule has 4 nitrogen and oxygen atoms in total. The van der Waals surface area contributed by atoms with Gasteiger partial charge in [0.15, 0.2) is 17.4 Å². The molecule has 0 atom stereocenters. The molecule has 10 rings (SSSR count). The summed E-state index contributed by atoms with van der Waals surface area (Å²) in [6.45, 7) is 2.10. The number of aromatic nitrogens is 4. The molecule has 7 aromatic carbocycles. The van der Waals surface area contributed by atoms with Crippen molar-refractivity contribution in [1.82, 2.24) is 18.7 Å². The Morgan fingerprint density at radius 1 is 0.621 bits per heavy atom. The monoisotopic (exact) mass is 931 g/mol. The van der Waals surface area contributed by atoms with Crippen LogP contribution in [-0.2, 0) is 33.5 Å². The van der Waals surface area contributed by atoms with Gasteiger partial charge in [0.05, 0.1) is 0 Å². The van der Waals surface area contributed by atoms with Gasteiger partial charge in [0.25, 0.3) is 0 Å². The van der Waals surface area contributed by atoms with E-state index in [1.807, 2.05) is 59.3 Å². The van der Waals surface area contributed by atoms with Gasteiger partial charge in [-0.25, -0.2) is 14.1 Å². The fourth-order valence-electron chi connectivity index (χ4n) is 8.75. The third-order valence-electron chi connectivity index (χ3n) is 11.3. The molecule has 0 aliphatic carbocycles. The van der Waals surface area contributed by atoms with E-state index in [1.54, 1.807) is 6.33 Å². The van der Waals surface area contributed by atoms with E-state index in [-0.39, 0.29) is 21.1 Å². The molecule has 10 aromatic rings. The van der Waals surface area contributed by atoms with Gasteiger partial charge in [-0.2, -0.15) is 30.3 Å². The van der Waals surface area contributed by atoms with Crippen molar-refractivity contribution in [3.05, 3.63) is 228 Å². The number of benzene rings is 7. The number of para-hydroxylation sites is 3. The van der Waals surface area contributed by atoms with Crippen molar-refractivity contribution in [2.75, 3.05) is 0 Å². The van der Waals surface area contributed by atoms with Crippen LogP contribution in [0.5, 0.6) is 0 Å². The van der Waals surface area contributed by atoms with Gasteiger partial charge in [-0.15, -0.1) is 22.6 Å². The number of hydrogen-bond donors (Lipinski definition) is 0. The Kier molecular flexibility index (Phi) is 8.84. The normalized spacial score (nSPS) is 12.7. The third kappa shape index (κ3) is 6.03. The minimum absolute atomic E-state index is 0. The van der Waals surface area contributed by atoms with Crippen LogP contribution in [0.1, 0.15) is 51.7 Å². The largest absolute Gasteiger partial charge is 0.319 e. The van der Waals surface area contributed by atoms with Gasteiger partial charge in [-0.3, -0.25) is 0 Å². The van der Waals surface area contributed by atoms with Crippen molar-refractivity contribution in [3.8, 4) is 22.6 Å². The van der Waals surface area contributed by atoms with E-state index < -0.39 is 12.4 Å². The van der Waals surface area contributed by atoms with Crippen molar-refractivity contribution in [1.29, 1.82) is 0 Å².